The van der Waals surface area contributed by atoms with Crippen LogP contribution < -0.4 is 5.32 Å². The quantitative estimate of drug-likeness (QED) is 0.593. The van der Waals surface area contributed by atoms with Crippen LogP contribution in [0.5, 0.6) is 0 Å². The number of benzene rings is 2. The molecule has 1 aromatic heterocycles. The monoisotopic (exact) mass is 447 g/mol. The summed E-state index contributed by atoms with van der Waals surface area (Å²) < 4.78 is 2.34. The number of carbonyl (C=O) groups excluding carboxylic acids is 1. The molecule has 0 atom stereocenters. The van der Waals surface area contributed by atoms with E-state index in [9.17, 15) is 4.79 Å². The molecule has 3 aromatic rings. The zero-order chi connectivity index (χ0) is 23.6. The summed E-state index contributed by atoms with van der Waals surface area (Å²) in [7, 11) is 2.18. The normalized spacial score (nSPS) is 15.8. The lowest BCUT2D eigenvalue weighted by Crippen LogP contribution is -2.44. The second kappa shape index (κ2) is 9.65. The number of imidazole rings is 1. The fourth-order valence-corrected chi connectivity index (χ4v) is 4.38. The molecule has 4 rings (SSSR count). The van der Waals surface area contributed by atoms with Crippen LogP contribution in [0.4, 0.5) is 5.69 Å². The van der Waals surface area contributed by atoms with E-state index < -0.39 is 0 Å². The van der Waals surface area contributed by atoms with Crippen LogP contribution in [0.3, 0.4) is 0 Å². The third-order valence-corrected chi connectivity index (χ3v) is 6.51. The van der Waals surface area contributed by atoms with Gasteiger partial charge in [-0.3, -0.25) is 9.69 Å². The lowest BCUT2D eigenvalue weighted by atomic mass is 9.87. The third-order valence-electron chi connectivity index (χ3n) is 6.51. The molecule has 33 heavy (non-hydrogen) atoms. The van der Waals surface area contributed by atoms with Crippen molar-refractivity contribution in [2.45, 2.75) is 52.6 Å². The van der Waals surface area contributed by atoms with Gasteiger partial charge in [0.15, 0.2) is 0 Å². The predicted octanol–water partition coefficient (Wildman–Crippen LogP) is 4.74. The van der Waals surface area contributed by atoms with Crippen LogP contribution in [-0.4, -0.2) is 58.5 Å². The van der Waals surface area contributed by atoms with Crippen LogP contribution in [0.2, 0.25) is 0 Å². The first-order chi connectivity index (χ1) is 15.7. The van der Waals surface area contributed by atoms with Crippen LogP contribution in [0.1, 0.15) is 55.9 Å². The molecular formula is C27H37N5O. The number of carbonyl (C=O) groups is 1. The summed E-state index contributed by atoms with van der Waals surface area (Å²) >= 11 is 0. The van der Waals surface area contributed by atoms with Gasteiger partial charge in [-0.25, -0.2) is 4.98 Å². The zero-order valence-electron chi connectivity index (χ0n) is 20.7. The molecule has 1 amide bonds. The van der Waals surface area contributed by atoms with Crippen molar-refractivity contribution in [3.05, 3.63) is 59.4 Å². The molecular weight excluding hydrogens is 410 g/mol. The van der Waals surface area contributed by atoms with E-state index in [2.05, 4.69) is 60.5 Å². The molecule has 0 aliphatic carbocycles. The Bertz CT molecular complexity index is 1100. The van der Waals surface area contributed by atoms with Gasteiger partial charge in [0.1, 0.15) is 5.82 Å². The summed E-state index contributed by atoms with van der Waals surface area (Å²) in [5.74, 6) is 1.01. The molecule has 0 saturated carbocycles. The predicted molar refractivity (Wildman–Crippen MR) is 136 cm³/mol. The van der Waals surface area contributed by atoms with E-state index in [0.29, 0.717) is 5.56 Å². The highest BCUT2D eigenvalue weighted by Crippen LogP contribution is 2.24. The summed E-state index contributed by atoms with van der Waals surface area (Å²) in [6, 6.07) is 13.9. The van der Waals surface area contributed by atoms with Gasteiger partial charge in [-0.1, -0.05) is 39.8 Å². The summed E-state index contributed by atoms with van der Waals surface area (Å²) in [5.41, 5.74) is 4.80. The highest BCUT2D eigenvalue weighted by Gasteiger charge is 2.19. The number of hydrogen-bond donors (Lipinski definition) is 1. The Morgan fingerprint density at radius 2 is 1.73 bits per heavy atom. The molecule has 0 unspecified atom stereocenters. The first-order valence-electron chi connectivity index (χ1n) is 12.1. The van der Waals surface area contributed by atoms with Crippen molar-refractivity contribution in [3.8, 4) is 0 Å². The molecule has 1 aliphatic rings. The number of hydrogen-bond acceptors (Lipinski definition) is 4. The van der Waals surface area contributed by atoms with Crippen molar-refractivity contribution < 1.29 is 4.79 Å². The number of nitrogens with one attached hydrogen (secondary N) is 1. The van der Waals surface area contributed by atoms with E-state index in [-0.39, 0.29) is 11.3 Å². The Kier molecular flexibility index (Phi) is 6.86. The van der Waals surface area contributed by atoms with Crippen molar-refractivity contribution in [1.82, 2.24) is 19.4 Å². The molecule has 6 heteroatoms. The number of likely N-dealkylation sites (N-methyl/N-ethyl adjacent to an activating group) is 1. The third kappa shape index (κ3) is 5.45. The summed E-state index contributed by atoms with van der Waals surface area (Å²) in [6.45, 7) is 14.9. The van der Waals surface area contributed by atoms with Crippen LogP contribution in [0.25, 0.3) is 11.0 Å². The summed E-state index contributed by atoms with van der Waals surface area (Å²) in [6.07, 6.45) is 1.06. The zero-order valence-corrected chi connectivity index (χ0v) is 20.7. The van der Waals surface area contributed by atoms with Crippen LogP contribution in [0, 0.1) is 0 Å². The van der Waals surface area contributed by atoms with Crippen LogP contribution in [0.15, 0.2) is 42.5 Å². The molecule has 1 saturated heterocycles. The van der Waals surface area contributed by atoms with Crippen molar-refractivity contribution in [2.75, 3.05) is 38.5 Å². The number of amides is 1. The molecule has 0 spiro atoms. The fourth-order valence-electron chi connectivity index (χ4n) is 4.38. The molecule has 1 aliphatic heterocycles. The molecule has 2 aromatic carbocycles. The van der Waals surface area contributed by atoms with Gasteiger partial charge < -0.3 is 14.8 Å². The minimum Gasteiger partial charge on any atom is -0.327 e. The molecule has 0 radical (unpaired) electrons. The second-order valence-corrected chi connectivity index (χ2v) is 10.2. The summed E-state index contributed by atoms with van der Waals surface area (Å²) in [4.78, 5) is 22.7. The van der Waals surface area contributed by atoms with Gasteiger partial charge in [0, 0.05) is 44.0 Å². The van der Waals surface area contributed by atoms with Crippen LogP contribution in [-0.2, 0) is 18.5 Å². The number of aromatic nitrogens is 2. The highest BCUT2D eigenvalue weighted by atomic mass is 16.1. The van der Waals surface area contributed by atoms with Crippen molar-refractivity contribution in [3.63, 3.8) is 0 Å². The summed E-state index contributed by atoms with van der Waals surface area (Å²) in [5, 5.41) is 3.05. The van der Waals surface area contributed by atoms with Crippen molar-refractivity contribution in [2.24, 2.45) is 0 Å². The molecule has 1 N–H and O–H groups in total. The first-order valence-corrected chi connectivity index (χ1v) is 12.1. The van der Waals surface area contributed by atoms with Gasteiger partial charge in [-0.15, -0.1) is 0 Å². The Labute approximate surface area is 197 Å². The number of anilines is 1. The Hall–Kier alpha value is -2.70. The van der Waals surface area contributed by atoms with Gasteiger partial charge in [-0.05, 0) is 54.8 Å². The smallest absolute Gasteiger partial charge is 0.255 e. The Balaban J connectivity index is 1.53. The van der Waals surface area contributed by atoms with Gasteiger partial charge in [0.05, 0.1) is 17.6 Å². The molecule has 1 fully saturated rings. The number of rotatable bonds is 6. The van der Waals surface area contributed by atoms with Crippen LogP contribution >= 0.6 is 0 Å². The van der Waals surface area contributed by atoms with Gasteiger partial charge in [-0.2, -0.15) is 0 Å². The number of aryl methyl sites for hydroxylation is 1. The fraction of sp³-hybridized carbons (Fsp3) is 0.481. The Morgan fingerprint density at radius 3 is 2.36 bits per heavy atom. The minimum absolute atomic E-state index is 0.0686. The average Bonchev–Trinajstić information content (AvgIpc) is 3.11. The number of piperazine rings is 1. The van der Waals surface area contributed by atoms with Gasteiger partial charge >= 0.3 is 0 Å². The average molecular weight is 448 g/mol. The SMILES string of the molecule is CCCn1c(CN2CCN(C)CC2)nc2cc(NC(=O)c3ccc(C(C)(C)C)cc3)ccc21. The highest BCUT2D eigenvalue weighted by molar-refractivity contribution is 6.05. The molecule has 6 nitrogen and oxygen atoms in total. The largest absolute Gasteiger partial charge is 0.327 e. The van der Waals surface area contributed by atoms with E-state index in [1.807, 2.05) is 36.4 Å². The second-order valence-electron chi connectivity index (χ2n) is 10.2. The standard InChI is InChI=1S/C27H37N5O/c1-6-13-32-24-12-11-22(28-26(33)20-7-9-21(10-8-20)27(2,3)4)18-23(24)29-25(32)19-31-16-14-30(5)15-17-31/h7-12,18H,6,13-17,19H2,1-5H3,(H,28,33). The lowest BCUT2D eigenvalue weighted by molar-refractivity contribution is 0.102. The van der Waals surface area contributed by atoms with Crippen molar-refractivity contribution >= 4 is 22.6 Å². The van der Waals surface area contributed by atoms with Gasteiger partial charge in [0.25, 0.3) is 5.91 Å². The molecule has 0 bridgehead atoms. The van der Waals surface area contributed by atoms with E-state index in [1.165, 1.54) is 5.56 Å². The lowest BCUT2D eigenvalue weighted by Gasteiger charge is -2.32. The van der Waals surface area contributed by atoms with Crippen molar-refractivity contribution in [1.29, 1.82) is 0 Å². The Morgan fingerprint density at radius 1 is 1.03 bits per heavy atom. The van der Waals surface area contributed by atoms with E-state index in [0.717, 1.165) is 68.2 Å². The topological polar surface area (TPSA) is 53.4 Å². The first kappa shape index (κ1) is 23.5. The van der Waals surface area contributed by atoms with E-state index in [4.69, 9.17) is 4.98 Å². The van der Waals surface area contributed by atoms with Gasteiger partial charge in [0.2, 0.25) is 0 Å². The maximum atomic E-state index is 12.8. The maximum absolute atomic E-state index is 12.8. The van der Waals surface area contributed by atoms with E-state index in [1.54, 1.807) is 0 Å². The number of nitrogens with zero attached hydrogens (tertiary/aromatic N) is 4. The molecule has 176 valence electrons. The van der Waals surface area contributed by atoms with E-state index >= 15 is 0 Å². The maximum Gasteiger partial charge on any atom is 0.255 e. The minimum atomic E-state index is -0.0968. The molecule has 2 heterocycles. The number of fused-ring (bicyclic) bond motifs is 1.